The number of hydrogen-bond donors (Lipinski definition) is 2. The third kappa shape index (κ3) is 5.17. The van der Waals surface area contributed by atoms with E-state index in [1.807, 2.05) is 0 Å². The highest BCUT2D eigenvalue weighted by Gasteiger charge is 2.29. The van der Waals surface area contributed by atoms with Gasteiger partial charge in [-0.05, 0) is 30.5 Å². The summed E-state index contributed by atoms with van der Waals surface area (Å²) in [6, 6.07) is 6.79. The maximum absolute atomic E-state index is 12.1. The second-order valence-corrected chi connectivity index (χ2v) is 8.17. The molecule has 1 unspecified atom stereocenters. The third-order valence-electron chi connectivity index (χ3n) is 4.02. The molecule has 2 N–H and O–H groups in total. The van der Waals surface area contributed by atoms with Gasteiger partial charge in [0.25, 0.3) is 0 Å². The number of hydrogen-bond acceptors (Lipinski definition) is 4. The molecular formula is C15H21ClN2O4S. The molecule has 1 heterocycles. The number of aliphatic hydroxyl groups excluding tert-OH is 1. The summed E-state index contributed by atoms with van der Waals surface area (Å²) in [6.45, 7) is 0.833. The summed E-state index contributed by atoms with van der Waals surface area (Å²) in [5, 5.41) is 13.4. The number of nitrogens with one attached hydrogen (secondary N) is 1. The Morgan fingerprint density at radius 2 is 1.91 bits per heavy atom. The molecule has 1 aliphatic rings. The summed E-state index contributed by atoms with van der Waals surface area (Å²) < 4.78 is 24.3. The second-order valence-electron chi connectivity index (χ2n) is 5.75. The molecule has 0 aromatic heterocycles. The highest BCUT2D eigenvalue weighted by Crippen LogP contribution is 2.20. The average Bonchev–Trinajstić information content (AvgIpc) is 2.52. The molecule has 2 rings (SSSR count). The van der Waals surface area contributed by atoms with Crippen LogP contribution >= 0.6 is 11.6 Å². The van der Waals surface area contributed by atoms with E-state index in [0.29, 0.717) is 36.5 Å². The monoisotopic (exact) mass is 360 g/mol. The van der Waals surface area contributed by atoms with Gasteiger partial charge >= 0.3 is 0 Å². The van der Waals surface area contributed by atoms with Gasteiger partial charge in [0.05, 0.1) is 12.4 Å². The molecule has 1 aromatic rings. The number of rotatable bonds is 5. The predicted molar refractivity (Wildman–Crippen MR) is 88.6 cm³/mol. The minimum atomic E-state index is -3.19. The van der Waals surface area contributed by atoms with Gasteiger partial charge in [0.2, 0.25) is 15.9 Å². The molecular weight excluding hydrogens is 340 g/mol. The van der Waals surface area contributed by atoms with Crippen molar-refractivity contribution in [1.29, 1.82) is 0 Å². The number of halogens is 1. The van der Waals surface area contributed by atoms with Crippen molar-refractivity contribution in [2.75, 3.05) is 25.9 Å². The Morgan fingerprint density at radius 1 is 1.35 bits per heavy atom. The Labute approximate surface area is 141 Å². The number of benzene rings is 1. The zero-order chi connectivity index (χ0) is 17.0. The number of carbonyl (C=O) groups excluding carboxylic acids is 1. The first-order valence-corrected chi connectivity index (χ1v) is 9.66. The molecule has 1 amide bonds. The van der Waals surface area contributed by atoms with Crippen LogP contribution in [0.3, 0.4) is 0 Å². The number of piperidine rings is 1. The predicted octanol–water partition coefficient (Wildman–Crippen LogP) is 1.16. The summed E-state index contributed by atoms with van der Waals surface area (Å²) >= 11 is 5.79. The Bertz CT molecular complexity index is 640. The molecule has 23 heavy (non-hydrogen) atoms. The van der Waals surface area contributed by atoms with Crippen LogP contribution in [0.2, 0.25) is 5.02 Å². The Morgan fingerprint density at radius 3 is 2.43 bits per heavy atom. The van der Waals surface area contributed by atoms with E-state index in [0.717, 1.165) is 0 Å². The summed E-state index contributed by atoms with van der Waals surface area (Å²) in [5.41, 5.74) is 0.682. The van der Waals surface area contributed by atoms with Gasteiger partial charge < -0.3 is 10.4 Å². The SMILES string of the molecule is CS(=O)(=O)N1CCC(C(=O)NCC(O)c2ccc(Cl)cc2)CC1. The minimum Gasteiger partial charge on any atom is -0.387 e. The maximum Gasteiger partial charge on any atom is 0.223 e. The van der Waals surface area contributed by atoms with Crippen molar-refractivity contribution in [3.63, 3.8) is 0 Å². The van der Waals surface area contributed by atoms with E-state index in [2.05, 4.69) is 5.32 Å². The fraction of sp³-hybridized carbons (Fsp3) is 0.533. The van der Waals surface area contributed by atoms with E-state index in [1.54, 1.807) is 24.3 Å². The Kier molecular flexibility index (Phi) is 6.02. The van der Waals surface area contributed by atoms with Gasteiger partial charge in [0.15, 0.2) is 0 Å². The van der Waals surface area contributed by atoms with Gasteiger partial charge in [-0.15, -0.1) is 0 Å². The van der Waals surface area contributed by atoms with Gasteiger partial charge in [0, 0.05) is 30.6 Å². The maximum atomic E-state index is 12.1. The van der Waals surface area contributed by atoms with Crippen molar-refractivity contribution in [1.82, 2.24) is 9.62 Å². The molecule has 0 saturated carbocycles. The number of nitrogens with zero attached hydrogens (tertiary/aromatic N) is 1. The van der Waals surface area contributed by atoms with Crippen molar-refractivity contribution in [3.8, 4) is 0 Å². The van der Waals surface area contributed by atoms with Gasteiger partial charge in [-0.25, -0.2) is 12.7 Å². The highest BCUT2D eigenvalue weighted by molar-refractivity contribution is 7.88. The van der Waals surface area contributed by atoms with Gasteiger partial charge in [0.1, 0.15) is 0 Å². The fourth-order valence-electron chi connectivity index (χ4n) is 2.59. The lowest BCUT2D eigenvalue weighted by atomic mass is 9.97. The molecule has 128 valence electrons. The molecule has 1 fully saturated rings. The van der Waals surface area contributed by atoms with Crippen LogP contribution in [-0.2, 0) is 14.8 Å². The lowest BCUT2D eigenvalue weighted by Gasteiger charge is -2.29. The summed E-state index contributed by atoms with van der Waals surface area (Å²) in [6.07, 6.45) is 1.37. The van der Waals surface area contributed by atoms with Crippen molar-refractivity contribution in [3.05, 3.63) is 34.9 Å². The van der Waals surface area contributed by atoms with Gasteiger partial charge in [-0.2, -0.15) is 0 Å². The Hall–Kier alpha value is -1.15. The zero-order valence-corrected chi connectivity index (χ0v) is 14.5. The largest absolute Gasteiger partial charge is 0.387 e. The molecule has 1 saturated heterocycles. The number of carbonyl (C=O) groups is 1. The normalized spacial score (nSPS) is 18.6. The number of amides is 1. The minimum absolute atomic E-state index is 0.118. The second kappa shape index (κ2) is 7.61. The van der Waals surface area contributed by atoms with Crippen LogP contribution in [0.1, 0.15) is 24.5 Å². The standard InChI is InChI=1S/C15H21ClN2O4S/c1-23(21,22)18-8-6-12(7-9-18)15(20)17-10-14(19)11-2-4-13(16)5-3-11/h2-5,12,14,19H,6-10H2,1H3,(H,17,20). The first-order valence-electron chi connectivity index (χ1n) is 7.43. The van der Waals surface area contributed by atoms with Gasteiger partial charge in [-0.1, -0.05) is 23.7 Å². The molecule has 0 spiro atoms. The van der Waals surface area contributed by atoms with Crippen molar-refractivity contribution in [2.24, 2.45) is 5.92 Å². The van der Waals surface area contributed by atoms with E-state index in [4.69, 9.17) is 11.6 Å². The topological polar surface area (TPSA) is 86.7 Å². The lowest BCUT2D eigenvalue weighted by Crippen LogP contribution is -2.43. The van der Waals surface area contributed by atoms with E-state index < -0.39 is 16.1 Å². The first-order chi connectivity index (χ1) is 10.8. The summed E-state index contributed by atoms with van der Waals surface area (Å²) in [7, 11) is -3.19. The van der Waals surface area contributed by atoms with Gasteiger partial charge in [-0.3, -0.25) is 4.79 Å². The molecule has 1 aromatic carbocycles. The smallest absolute Gasteiger partial charge is 0.223 e. The van der Waals surface area contributed by atoms with Crippen molar-refractivity contribution < 1.29 is 18.3 Å². The highest BCUT2D eigenvalue weighted by atomic mass is 35.5. The first kappa shape index (κ1) is 18.2. The molecule has 0 radical (unpaired) electrons. The van der Waals surface area contributed by atoms with Crippen molar-refractivity contribution >= 4 is 27.5 Å². The zero-order valence-electron chi connectivity index (χ0n) is 12.9. The van der Waals surface area contributed by atoms with Crippen LogP contribution in [0.4, 0.5) is 0 Å². The van der Waals surface area contributed by atoms with Crippen LogP contribution in [-0.4, -0.2) is 49.6 Å². The molecule has 8 heteroatoms. The summed E-state index contributed by atoms with van der Waals surface area (Å²) in [5.74, 6) is -0.364. The van der Waals surface area contributed by atoms with E-state index in [-0.39, 0.29) is 18.4 Å². The lowest BCUT2D eigenvalue weighted by molar-refractivity contribution is -0.126. The Balaban J connectivity index is 1.80. The average molecular weight is 361 g/mol. The van der Waals surface area contributed by atoms with E-state index in [9.17, 15) is 18.3 Å². The van der Waals surface area contributed by atoms with Crippen LogP contribution < -0.4 is 5.32 Å². The number of aliphatic hydroxyl groups is 1. The third-order valence-corrected chi connectivity index (χ3v) is 5.57. The molecule has 1 atom stereocenters. The van der Waals surface area contributed by atoms with Crippen molar-refractivity contribution in [2.45, 2.75) is 18.9 Å². The van der Waals surface area contributed by atoms with E-state index >= 15 is 0 Å². The van der Waals surface area contributed by atoms with Crippen LogP contribution in [0, 0.1) is 5.92 Å². The number of sulfonamides is 1. The molecule has 0 bridgehead atoms. The molecule has 0 aliphatic carbocycles. The van der Waals surface area contributed by atoms with Crippen LogP contribution in [0.25, 0.3) is 0 Å². The molecule has 6 nitrogen and oxygen atoms in total. The summed E-state index contributed by atoms with van der Waals surface area (Å²) in [4.78, 5) is 12.1. The van der Waals surface area contributed by atoms with E-state index in [1.165, 1.54) is 10.6 Å². The van der Waals surface area contributed by atoms with Crippen LogP contribution in [0.5, 0.6) is 0 Å². The fourth-order valence-corrected chi connectivity index (χ4v) is 3.59. The van der Waals surface area contributed by atoms with Crippen LogP contribution in [0.15, 0.2) is 24.3 Å². The quantitative estimate of drug-likeness (QED) is 0.825. The molecule has 1 aliphatic heterocycles.